The van der Waals surface area contributed by atoms with E-state index in [0.29, 0.717) is 16.3 Å². The zero-order valence-corrected chi connectivity index (χ0v) is 11.0. The molecule has 7 heteroatoms. The van der Waals surface area contributed by atoms with Crippen LogP contribution in [0.3, 0.4) is 0 Å². The van der Waals surface area contributed by atoms with E-state index < -0.39 is 10.0 Å². The first-order valence-corrected chi connectivity index (χ1v) is 7.27. The Kier molecular flexibility index (Phi) is 3.32. The summed E-state index contributed by atoms with van der Waals surface area (Å²) >= 11 is 0.933. The highest BCUT2D eigenvalue weighted by Gasteiger charge is 2.17. The maximum absolute atomic E-state index is 12.0. The van der Waals surface area contributed by atoms with E-state index in [0.717, 1.165) is 11.3 Å². The normalized spacial score (nSPS) is 10.9. The van der Waals surface area contributed by atoms with Crippen LogP contribution in [0.25, 0.3) is 0 Å². The van der Waals surface area contributed by atoms with Gasteiger partial charge in [0.05, 0.1) is 11.4 Å². The van der Waals surface area contributed by atoms with E-state index in [4.69, 9.17) is 5.26 Å². The second-order valence-corrected chi connectivity index (χ2v) is 6.47. The molecule has 0 aromatic carbocycles. The Morgan fingerprint density at radius 1 is 1.39 bits per heavy atom. The van der Waals surface area contributed by atoms with Gasteiger partial charge in [-0.15, -0.1) is 11.3 Å². The van der Waals surface area contributed by atoms with Crippen LogP contribution in [-0.4, -0.2) is 13.4 Å². The number of aryl methyl sites for hydroxylation is 1. The maximum Gasteiger partial charge on any atom is 0.271 e. The molecule has 0 fully saturated rings. The fourth-order valence-electron chi connectivity index (χ4n) is 1.31. The van der Waals surface area contributed by atoms with Crippen molar-refractivity contribution in [3.05, 3.63) is 41.0 Å². The van der Waals surface area contributed by atoms with Gasteiger partial charge in [0, 0.05) is 6.20 Å². The van der Waals surface area contributed by atoms with Crippen LogP contribution in [0, 0.1) is 18.3 Å². The summed E-state index contributed by atoms with van der Waals surface area (Å²) in [6, 6.07) is 8.09. The van der Waals surface area contributed by atoms with E-state index in [-0.39, 0.29) is 4.21 Å². The summed E-state index contributed by atoms with van der Waals surface area (Å²) in [5.74, 6) is 0. The molecule has 0 saturated carbocycles. The largest absolute Gasteiger partial charge is 0.277 e. The molecule has 0 aliphatic heterocycles. The molecule has 0 aliphatic rings. The Morgan fingerprint density at radius 3 is 2.78 bits per heavy atom. The Bertz CT molecular complexity index is 714. The third kappa shape index (κ3) is 2.50. The third-order valence-corrected chi connectivity index (χ3v) is 5.05. The summed E-state index contributed by atoms with van der Waals surface area (Å²) in [5, 5.41) is 8.69. The summed E-state index contributed by atoms with van der Waals surface area (Å²) < 4.78 is 26.7. The number of aromatic nitrogens is 1. The number of hydrogen-bond donors (Lipinski definition) is 1. The van der Waals surface area contributed by atoms with E-state index in [2.05, 4.69) is 9.71 Å². The number of nitriles is 1. The minimum atomic E-state index is -3.65. The average Bonchev–Trinajstić information content (AvgIpc) is 2.81. The van der Waals surface area contributed by atoms with Crippen molar-refractivity contribution in [3.8, 4) is 6.07 Å². The van der Waals surface area contributed by atoms with E-state index >= 15 is 0 Å². The first kappa shape index (κ1) is 12.5. The topological polar surface area (TPSA) is 82.8 Å². The second-order valence-electron chi connectivity index (χ2n) is 3.47. The van der Waals surface area contributed by atoms with Crippen LogP contribution in [0.1, 0.15) is 10.6 Å². The minimum absolute atomic E-state index is 0.113. The molecular formula is C11H9N3O2S2. The van der Waals surface area contributed by atoms with Gasteiger partial charge in [0.1, 0.15) is 15.2 Å². The van der Waals surface area contributed by atoms with Crippen molar-refractivity contribution in [3.63, 3.8) is 0 Å². The highest BCUT2D eigenvalue weighted by atomic mass is 32.2. The maximum atomic E-state index is 12.0. The van der Waals surface area contributed by atoms with Crippen LogP contribution in [0.4, 0.5) is 5.69 Å². The van der Waals surface area contributed by atoms with Gasteiger partial charge in [-0.3, -0.25) is 9.71 Å². The fraction of sp³-hybridized carbons (Fsp3) is 0.0909. The van der Waals surface area contributed by atoms with Gasteiger partial charge >= 0.3 is 0 Å². The first-order chi connectivity index (χ1) is 8.53. The lowest BCUT2D eigenvalue weighted by Crippen LogP contribution is -2.12. The molecule has 2 aromatic heterocycles. The molecular weight excluding hydrogens is 270 g/mol. The van der Waals surface area contributed by atoms with E-state index in [1.165, 1.54) is 12.1 Å². The van der Waals surface area contributed by atoms with Crippen molar-refractivity contribution in [2.45, 2.75) is 11.1 Å². The summed E-state index contributed by atoms with van der Waals surface area (Å²) in [6.45, 7) is 1.72. The monoisotopic (exact) mass is 279 g/mol. The highest BCUT2D eigenvalue weighted by molar-refractivity contribution is 7.94. The molecule has 5 nitrogen and oxygen atoms in total. The molecule has 0 radical (unpaired) electrons. The predicted molar refractivity (Wildman–Crippen MR) is 68.8 cm³/mol. The number of hydrogen-bond acceptors (Lipinski definition) is 5. The molecule has 2 heterocycles. The molecule has 0 spiro atoms. The van der Waals surface area contributed by atoms with Crippen LogP contribution in [0.5, 0.6) is 0 Å². The lowest BCUT2D eigenvalue weighted by atomic mass is 10.3. The van der Waals surface area contributed by atoms with Gasteiger partial charge in [-0.05, 0) is 31.2 Å². The standard InChI is InChI=1S/C11H9N3O2S2/c1-8-10(3-2-6-13-8)14-18(15,16)11-5-4-9(7-12)17-11/h2-6,14H,1H3. The van der Waals surface area contributed by atoms with Gasteiger partial charge in [0.15, 0.2) is 0 Å². The van der Waals surface area contributed by atoms with Gasteiger partial charge in [-0.1, -0.05) is 0 Å². The van der Waals surface area contributed by atoms with Crippen molar-refractivity contribution < 1.29 is 8.42 Å². The summed E-state index contributed by atoms with van der Waals surface area (Å²) in [6.07, 6.45) is 1.59. The van der Waals surface area contributed by atoms with Gasteiger partial charge in [0.2, 0.25) is 0 Å². The van der Waals surface area contributed by atoms with Crippen LogP contribution in [-0.2, 0) is 10.0 Å². The van der Waals surface area contributed by atoms with Gasteiger partial charge in [-0.2, -0.15) is 5.26 Å². The van der Waals surface area contributed by atoms with Gasteiger partial charge in [-0.25, -0.2) is 8.42 Å². The first-order valence-electron chi connectivity index (χ1n) is 4.97. The number of thiophene rings is 1. The molecule has 1 N–H and O–H groups in total. The van der Waals surface area contributed by atoms with Crippen LogP contribution < -0.4 is 4.72 Å². The molecule has 0 saturated heterocycles. The number of sulfonamides is 1. The van der Waals surface area contributed by atoms with E-state index in [9.17, 15) is 8.42 Å². The quantitative estimate of drug-likeness (QED) is 0.932. The average molecular weight is 279 g/mol. The zero-order chi connectivity index (χ0) is 13.2. The SMILES string of the molecule is Cc1ncccc1NS(=O)(=O)c1ccc(C#N)s1. The number of nitrogens with one attached hydrogen (secondary N) is 1. The van der Waals surface area contributed by atoms with Crippen molar-refractivity contribution >= 4 is 27.0 Å². The van der Waals surface area contributed by atoms with Gasteiger partial charge in [0.25, 0.3) is 10.0 Å². The Labute approximate surface area is 109 Å². The highest BCUT2D eigenvalue weighted by Crippen LogP contribution is 2.24. The number of rotatable bonds is 3. The number of pyridine rings is 1. The zero-order valence-electron chi connectivity index (χ0n) is 9.41. The molecule has 0 amide bonds. The van der Waals surface area contributed by atoms with Crippen molar-refractivity contribution in [1.29, 1.82) is 5.26 Å². The predicted octanol–water partition coefficient (Wildman–Crippen LogP) is 2.12. The molecule has 0 aliphatic carbocycles. The minimum Gasteiger partial charge on any atom is -0.277 e. The van der Waals surface area contributed by atoms with E-state index in [1.54, 1.807) is 25.3 Å². The van der Waals surface area contributed by atoms with Crippen LogP contribution >= 0.6 is 11.3 Å². The molecule has 0 bridgehead atoms. The fourth-order valence-corrected chi connectivity index (χ4v) is 3.53. The third-order valence-electron chi connectivity index (χ3n) is 2.21. The van der Waals surface area contributed by atoms with Crippen molar-refractivity contribution in [2.75, 3.05) is 4.72 Å². The Balaban J connectivity index is 2.34. The smallest absolute Gasteiger partial charge is 0.271 e. The van der Waals surface area contributed by atoms with Crippen molar-refractivity contribution in [2.24, 2.45) is 0 Å². The van der Waals surface area contributed by atoms with Gasteiger partial charge < -0.3 is 0 Å². The molecule has 18 heavy (non-hydrogen) atoms. The van der Waals surface area contributed by atoms with E-state index in [1.807, 2.05) is 6.07 Å². The lowest BCUT2D eigenvalue weighted by molar-refractivity contribution is 0.603. The molecule has 2 aromatic rings. The molecule has 0 unspecified atom stereocenters. The lowest BCUT2D eigenvalue weighted by Gasteiger charge is -2.07. The number of anilines is 1. The van der Waals surface area contributed by atoms with Crippen molar-refractivity contribution in [1.82, 2.24) is 4.98 Å². The summed E-state index contributed by atoms with van der Waals surface area (Å²) in [5.41, 5.74) is 1.03. The summed E-state index contributed by atoms with van der Waals surface area (Å²) in [7, 11) is -3.65. The number of nitrogens with zero attached hydrogens (tertiary/aromatic N) is 2. The Hall–Kier alpha value is -1.91. The second kappa shape index (κ2) is 4.76. The molecule has 0 atom stereocenters. The molecule has 2 rings (SSSR count). The van der Waals surface area contributed by atoms with Crippen LogP contribution in [0.2, 0.25) is 0 Å². The molecule has 92 valence electrons. The Morgan fingerprint density at radius 2 is 2.17 bits per heavy atom. The van der Waals surface area contributed by atoms with Crippen LogP contribution in [0.15, 0.2) is 34.7 Å². The summed E-state index contributed by atoms with van der Waals surface area (Å²) in [4.78, 5) is 4.36.